The lowest BCUT2D eigenvalue weighted by Gasteiger charge is -2.14. The van der Waals surface area contributed by atoms with Crippen molar-refractivity contribution in [3.8, 4) is 5.75 Å². The van der Waals surface area contributed by atoms with Crippen molar-refractivity contribution < 1.29 is 9.26 Å². The van der Waals surface area contributed by atoms with Gasteiger partial charge in [-0.1, -0.05) is 40.0 Å². The molecule has 0 unspecified atom stereocenters. The summed E-state index contributed by atoms with van der Waals surface area (Å²) in [4.78, 5) is 4.19. The van der Waals surface area contributed by atoms with E-state index in [1.807, 2.05) is 13.8 Å². The zero-order chi connectivity index (χ0) is 19.8. The molecule has 2 N–H and O–H groups in total. The number of hydrogen-bond acceptors (Lipinski definition) is 4. The second-order valence-corrected chi connectivity index (χ2v) is 7.13. The summed E-state index contributed by atoms with van der Waals surface area (Å²) in [6, 6.07) is 3.19. The van der Waals surface area contributed by atoms with Crippen LogP contribution in [0.1, 0.15) is 23.4 Å². The molecule has 9 heteroatoms. The van der Waals surface area contributed by atoms with Crippen molar-refractivity contribution in [2.45, 2.75) is 26.7 Å². The Hall–Kier alpha value is -1.63. The van der Waals surface area contributed by atoms with E-state index in [1.54, 1.807) is 19.2 Å². The number of aryl methyl sites for hydroxylation is 2. The molecule has 1 aromatic heterocycles. The first-order valence-corrected chi connectivity index (χ1v) is 9.69. The van der Waals surface area contributed by atoms with E-state index < -0.39 is 0 Å². The molecule has 0 aliphatic heterocycles. The molecule has 0 aliphatic carbocycles. The summed E-state index contributed by atoms with van der Waals surface area (Å²) in [5.74, 6) is 2.00. The molecule has 0 saturated heterocycles. The van der Waals surface area contributed by atoms with Gasteiger partial charge < -0.3 is 19.9 Å². The minimum atomic E-state index is 0.376. The summed E-state index contributed by atoms with van der Waals surface area (Å²) in [5.41, 5.74) is 2.12. The average Bonchev–Trinajstić information content (AvgIpc) is 2.93. The molecule has 0 fully saturated rings. The van der Waals surface area contributed by atoms with Gasteiger partial charge in [-0.25, -0.2) is 0 Å². The predicted molar refractivity (Wildman–Crippen MR) is 111 cm³/mol. The lowest BCUT2D eigenvalue weighted by Crippen LogP contribution is -2.39. The van der Waals surface area contributed by atoms with E-state index in [1.165, 1.54) is 5.56 Å². The Balaban J connectivity index is 1.69. The van der Waals surface area contributed by atoms with Gasteiger partial charge >= 0.3 is 0 Å². The number of hydrogen-bond donors (Lipinski definition) is 2. The van der Waals surface area contributed by atoms with E-state index in [4.69, 9.17) is 44.1 Å². The highest BCUT2D eigenvalue weighted by molar-refractivity contribution is 6.40. The molecule has 2 rings (SSSR count). The molecule has 0 aliphatic rings. The second-order valence-electron chi connectivity index (χ2n) is 5.88. The summed E-state index contributed by atoms with van der Waals surface area (Å²) < 4.78 is 10.8. The number of ether oxygens (including phenoxy) is 1. The fourth-order valence-electron chi connectivity index (χ4n) is 2.54. The van der Waals surface area contributed by atoms with Crippen molar-refractivity contribution >= 4 is 40.8 Å². The normalized spacial score (nSPS) is 11.6. The van der Waals surface area contributed by atoms with E-state index in [-0.39, 0.29) is 0 Å². The van der Waals surface area contributed by atoms with Gasteiger partial charge in [-0.3, -0.25) is 4.99 Å². The molecular weight excluding hydrogens is 411 g/mol. The van der Waals surface area contributed by atoms with Crippen molar-refractivity contribution in [3.05, 3.63) is 44.2 Å². The topological polar surface area (TPSA) is 71.7 Å². The van der Waals surface area contributed by atoms with Crippen LogP contribution < -0.4 is 15.4 Å². The van der Waals surface area contributed by atoms with Gasteiger partial charge in [-0.2, -0.15) is 0 Å². The Morgan fingerprint density at radius 3 is 2.41 bits per heavy atom. The van der Waals surface area contributed by atoms with E-state index in [0.717, 1.165) is 30.8 Å². The van der Waals surface area contributed by atoms with Crippen molar-refractivity contribution in [2.24, 2.45) is 4.99 Å². The number of nitrogens with zero attached hydrogens (tertiary/aromatic N) is 2. The van der Waals surface area contributed by atoms with Crippen LogP contribution in [0.5, 0.6) is 5.75 Å². The smallest absolute Gasteiger partial charge is 0.191 e. The molecule has 2 aromatic rings. The highest BCUT2D eigenvalue weighted by Crippen LogP contribution is 2.35. The average molecular weight is 434 g/mol. The van der Waals surface area contributed by atoms with Crippen molar-refractivity contribution in [3.63, 3.8) is 0 Å². The standard InChI is InChI=1S/C18H23Cl3N4O2/c1-11-14(12(2)27-25-11)5-4-6-23-18(22-3)24-7-8-26-17-15(20)9-13(19)10-16(17)21/h9-10H,4-8H2,1-3H3,(H2,22,23,24). The van der Waals surface area contributed by atoms with Crippen LogP contribution in [0.25, 0.3) is 0 Å². The SMILES string of the molecule is CN=C(NCCCc1c(C)noc1C)NCCOc1c(Cl)cc(Cl)cc1Cl. The third-order valence-corrected chi connectivity index (χ3v) is 4.68. The number of guanidine groups is 1. The Morgan fingerprint density at radius 1 is 1.15 bits per heavy atom. The summed E-state index contributed by atoms with van der Waals surface area (Å²) in [6.07, 6.45) is 1.85. The minimum absolute atomic E-state index is 0.376. The van der Waals surface area contributed by atoms with Crippen LogP contribution in [-0.4, -0.2) is 37.9 Å². The minimum Gasteiger partial charge on any atom is -0.489 e. The molecule has 6 nitrogen and oxygen atoms in total. The summed E-state index contributed by atoms with van der Waals surface area (Å²) >= 11 is 18.1. The molecule has 0 bridgehead atoms. The number of rotatable bonds is 8. The maximum absolute atomic E-state index is 6.09. The van der Waals surface area contributed by atoms with Gasteiger partial charge in [0.05, 0.1) is 22.3 Å². The maximum Gasteiger partial charge on any atom is 0.191 e. The molecule has 1 aromatic carbocycles. The van der Waals surface area contributed by atoms with Gasteiger partial charge in [0.25, 0.3) is 0 Å². The number of aliphatic imine (C=N–C) groups is 1. The fourth-order valence-corrected chi connectivity index (χ4v) is 3.47. The van der Waals surface area contributed by atoms with Gasteiger partial charge in [0.15, 0.2) is 11.7 Å². The number of halogens is 3. The third kappa shape index (κ3) is 6.48. The molecule has 1 heterocycles. The maximum atomic E-state index is 6.09. The molecule has 0 atom stereocenters. The lowest BCUT2D eigenvalue weighted by atomic mass is 10.1. The number of nitrogens with one attached hydrogen (secondary N) is 2. The quantitative estimate of drug-likeness (QED) is 0.366. The fraction of sp³-hybridized carbons (Fsp3) is 0.444. The largest absolute Gasteiger partial charge is 0.489 e. The molecule has 0 saturated carbocycles. The first-order chi connectivity index (χ1) is 12.9. The molecule has 27 heavy (non-hydrogen) atoms. The molecule has 0 radical (unpaired) electrons. The van der Waals surface area contributed by atoms with Crippen LogP contribution in [0.3, 0.4) is 0 Å². The van der Waals surface area contributed by atoms with E-state index >= 15 is 0 Å². The zero-order valence-corrected chi connectivity index (χ0v) is 17.8. The van der Waals surface area contributed by atoms with Crippen LogP contribution in [0.15, 0.2) is 21.6 Å². The van der Waals surface area contributed by atoms with Gasteiger partial charge in [0.1, 0.15) is 12.4 Å². The van der Waals surface area contributed by atoms with E-state index in [9.17, 15) is 0 Å². The molecule has 0 spiro atoms. The van der Waals surface area contributed by atoms with Gasteiger partial charge in [-0.05, 0) is 38.8 Å². The summed E-state index contributed by atoms with van der Waals surface area (Å²) in [5, 5.41) is 11.6. The molecular formula is C18H23Cl3N4O2. The van der Waals surface area contributed by atoms with Crippen LogP contribution >= 0.6 is 34.8 Å². The lowest BCUT2D eigenvalue weighted by molar-refractivity contribution is 0.322. The van der Waals surface area contributed by atoms with Crippen LogP contribution in [0.2, 0.25) is 15.1 Å². The molecule has 148 valence electrons. The van der Waals surface area contributed by atoms with Gasteiger partial charge in [-0.15, -0.1) is 0 Å². The van der Waals surface area contributed by atoms with E-state index in [2.05, 4.69) is 20.8 Å². The predicted octanol–water partition coefficient (Wildman–Crippen LogP) is 4.43. The van der Waals surface area contributed by atoms with E-state index in [0.29, 0.717) is 39.9 Å². The molecule has 0 amide bonds. The zero-order valence-electron chi connectivity index (χ0n) is 15.5. The van der Waals surface area contributed by atoms with Crippen molar-refractivity contribution in [1.82, 2.24) is 15.8 Å². The number of benzene rings is 1. The van der Waals surface area contributed by atoms with Gasteiger partial charge in [0.2, 0.25) is 0 Å². The first-order valence-electron chi connectivity index (χ1n) is 8.56. The first kappa shape index (κ1) is 21.7. The Labute approximate surface area is 174 Å². The monoisotopic (exact) mass is 432 g/mol. The van der Waals surface area contributed by atoms with Crippen LogP contribution in [-0.2, 0) is 6.42 Å². The van der Waals surface area contributed by atoms with Crippen LogP contribution in [0.4, 0.5) is 0 Å². The van der Waals surface area contributed by atoms with Crippen LogP contribution in [0, 0.1) is 13.8 Å². The summed E-state index contributed by atoms with van der Waals surface area (Å²) in [7, 11) is 1.72. The van der Waals surface area contributed by atoms with Crippen molar-refractivity contribution in [1.29, 1.82) is 0 Å². The Bertz CT molecular complexity index is 750. The number of aromatic nitrogens is 1. The highest BCUT2D eigenvalue weighted by Gasteiger charge is 2.10. The van der Waals surface area contributed by atoms with Gasteiger partial charge in [0, 0.05) is 24.2 Å². The highest BCUT2D eigenvalue weighted by atomic mass is 35.5. The second kappa shape index (κ2) is 10.6. The summed E-state index contributed by atoms with van der Waals surface area (Å²) in [6.45, 7) is 5.58. The Kier molecular flexibility index (Phi) is 8.54. The van der Waals surface area contributed by atoms with Crippen molar-refractivity contribution in [2.75, 3.05) is 26.7 Å². The third-order valence-electron chi connectivity index (χ3n) is 3.90. The Morgan fingerprint density at radius 2 is 1.81 bits per heavy atom.